The van der Waals surface area contributed by atoms with E-state index in [0.717, 1.165) is 0 Å². The largest absolute Gasteiger partial charge is 0.320 e. The second kappa shape index (κ2) is 5.12. The first kappa shape index (κ1) is 13.7. The molecule has 0 spiro atoms. The van der Waals surface area contributed by atoms with Gasteiger partial charge in [-0.25, -0.2) is 22.0 Å². The summed E-state index contributed by atoms with van der Waals surface area (Å²) in [5.41, 5.74) is -1.32. The molecule has 3 nitrogen and oxygen atoms in total. The zero-order chi connectivity index (χ0) is 14.2. The van der Waals surface area contributed by atoms with Crippen molar-refractivity contribution in [2.24, 2.45) is 0 Å². The van der Waals surface area contributed by atoms with Crippen molar-refractivity contribution >= 4 is 11.6 Å². The van der Waals surface area contributed by atoms with Crippen LogP contribution in [-0.4, -0.2) is 18.5 Å². The Hall–Kier alpha value is -1.70. The summed E-state index contributed by atoms with van der Waals surface area (Å²) in [5, 5.41) is 4.47. The average Bonchev–Trinajstić information content (AvgIpc) is 2.93. The zero-order valence-electron chi connectivity index (χ0n) is 9.50. The quantitative estimate of drug-likeness (QED) is 0.494. The van der Waals surface area contributed by atoms with Gasteiger partial charge in [-0.15, -0.1) is 0 Å². The Morgan fingerprint density at radius 1 is 1.00 bits per heavy atom. The summed E-state index contributed by atoms with van der Waals surface area (Å²) in [6.45, 7) is 0.551. The van der Waals surface area contributed by atoms with Crippen molar-refractivity contribution in [3.05, 3.63) is 29.1 Å². The van der Waals surface area contributed by atoms with Gasteiger partial charge in [0.1, 0.15) is 5.69 Å². The van der Waals surface area contributed by atoms with Gasteiger partial charge in [0.15, 0.2) is 23.3 Å². The number of carbonyl (C=O) groups is 1. The molecular formula is C11H9F5N2O. The molecule has 1 aliphatic heterocycles. The van der Waals surface area contributed by atoms with E-state index in [2.05, 4.69) is 5.32 Å². The lowest BCUT2D eigenvalue weighted by Crippen LogP contribution is -2.36. The SMILES string of the molecule is O=C(Nc1c(F)c(F)c(F)c(F)c1F)C1CCCN1. The molecule has 1 atom stereocenters. The zero-order valence-corrected chi connectivity index (χ0v) is 9.50. The molecule has 0 saturated carbocycles. The summed E-state index contributed by atoms with van der Waals surface area (Å²) in [4.78, 5) is 11.6. The molecule has 1 aliphatic rings. The normalized spacial score (nSPS) is 18.7. The Kier molecular flexibility index (Phi) is 3.70. The topological polar surface area (TPSA) is 41.1 Å². The number of anilines is 1. The van der Waals surface area contributed by atoms with Gasteiger partial charge >= 0.3 is 0 Å². The van der Waals surface area contributed by atoms with Gasteiger partial charge in [-0.05, 0) is 19.4 Å². The maximum atomic E-state index is 13.3. The van der Waals surface area contributed by atoms with Gasteiger partial charge in [-0.3, -0.25) is 4.79 Å². The molecular weight excluding hydrogens is 271 g/mol. The van der Waals surface area contributed by atoms with Gasteiger partial charge in [0.2, 0.25) is 11.7 Å². The summed E-state index contributed by atoms with van der Waals surface area (Å²) in [5.74, 6) is -11.4. The number of amides is 1. The molecule has 1 unspecified atom stereocenters. The highest BCUT2D eigenvalue weighted by Gasteiger charge is 2.29. The molecule has 0 aromatic heterocycles. The number of hydrogen-bond donors (Lipinski definition) is 2. The van der Waals surface area contributed by atoms with E-state index in [-0.39, 0.29) is 0 Å². The minimum Gasteiger partial charge on any atom is -0.320 e. The Morgan fingerprint density at radius 3 is 2.00 bits per heavy atom. The van der Waals surface area contributed by atoms with E-state index in [1.807, 2.05) is 0 Å². The molecule has 1 fully saturated rings. The predicted octanol–water partition coefficient (Wildman–Crippen LogP) is 2.07. The molecule has 2 rings (SSSR count). The third-order valence-electron chi connectivity index (χ3n) is 2.83. The van der Waals surface area contributed by atoms with E-state index in [4.69, 9.17) is 0 Å². The Bertz CT molecular complexity index is 499. The van der Waals surface area contributed by atoms with Crippen LogP contribution in [0.2, 0.25) is 0 Å². The second-order valence-electron chi connectivity index (χ2n) is 4.08. The number of nitrogens with one attached hydrogen (secondary N) is 2. The maximum Gasteiger partial charge on any atom is 0.241 e. The van der Waals surface area contributed by atoms with Crippen LogP contribution >= 0.6 is 0 Å². The van der Waals surface area contributed by atoms with Crippen LogP contribution in [0.5, 0.6) is 0 Å². The van der Waals surface area contributed by atoms with Crippen LogP contribution in [-0.2, 0) is 4.79 Å². The van der Waals surface area contributed by atoms with Crippen LogP contribution in [0, 0.1) is 29.1 Å². The third-order valence-corrected chi connectivity index (χ3v) is 2.83. The van der Waals surface area contributed by atoms with Crippen LogP contribution < -0.4 is 10.6 Å². The molecule has 0 aliphatic carbocycles. The molecule has 0 bridgehead atoms. The molecule has 1 amide bonds. The average molecular weight is 280 g/mol. The van der Waals surface area contributed by atoms with Gasteiger partial charge in [-0.1, -0.05) is 0 Å². The maximum absolute atomic E-state index is 13.3. The fraction of sp³-hybridized carbons (Fsp3) is 0.364. The Labute approximate surface area is 104 Å². The monoisotopic (exact) mass is 280 g/mol. The standard InChI is InChI=1S/C11H9F5N2O/c12-5-6(13)8(15)10(9(16)7(5)14)18-11(19)4-2-1-3-17-4/h4,17H,1-3H2,(H,18,19). The molecule has 1 aromatic carbocycles. The van der Waals surface area contributed by atoms with E-state index in [1.54, 1.807) is 5.32 Å². The summed E-state index contributed by atoms with van der Waals surface area (Å²) in [6.07, 6.45) is 1.12. The summed E-state index contributed by atoms with van der Waals surface area (Å²) in [6, 6.07) is -0.699. The predicted molar refractivity (Wildman–Crippen MR) is 55.9 cm³/mol. The highest BCUT2D eigenvalue weighted by molar-refractivity contribution is 5.95. The minimum absolute atomic E-state index is 0.432. The lowest BCUT2D eigenvalue weighted by molar-refractivity contribution is -0.117. The Balaban J connectivity index is 2.32. The fourth-order valence-electron chi connectivity index (χ4n) is 1.83. The lowest BCUT2D eigenvalue weighted by Gasteiger charge is -2.13. The van der Waals surface area contributed by atoms with Crippen molar-refractivity contribution in [3.63, 3.8) is 0 Å². The molecule has 1 aromatic rings. The first-order valence-corrected chi connectivity index (χ1v) is 5.49. The lowest BCUT2D eigenvalue weighted by atomic mass is 10.2. The van der Waals surface area contributed by atoms with Crippen LogP contribution in [0.1, 0.15) is 12.8 Å². The van der Waals surface area contributed by atoms with Crippen LogP contribution in [0.15, 0.2) is 0 Å². The summed E-state index contributed by atoms with van der Waals surface area (Å²) in [7, 11) is 0. The van der Waals surface area contributed by atoms with Gasteiger partial charge in [-0.2, -0.15) is 0 Å². The van der Waals surface area contributed by atoms with E-state index in [9.17, 15) is 26.7 Å². The molecule has 8 heteroatoms. The van der Waals surface area contributed by atoms with Gasteiger partial charge in [0.25, 0.3) is 0 Å². The molecule has 104 valence electrons. The highest BCUT2D eigenvalue weighted by Crippen LogP contribution is 2.27. The van der Waals surface area contributed by atoms with Crippen molar-refractivity contribution in [2.75, 3.05) is 11.9 Å². The number of halogens is 5. The number of benzene rings is 1. The summed E-state index contributed by atoms with van der Waals surface area (Å²) >= 11 is 0. The van der Waals surface area contributed by atoms with Crippen molar-refractivity contribution in [2.45, 2.75) is 18.9 Å². The van der Waals surface area contributed by atoms with Gasteiger partial charge < -0.3 is 10.6 Å². The van der Waals surface area contributed by atoms with Crippen LogP contribution in [0.25, 0.3) is 0 Å². The van der Waals surface area contributed by atoms with E-state index >= 15 is 0 Å². The van der Waals surface area contributed by atoms with Crippen LogP contribution in [0.3, 0.4) is 0 Å². The molecule has 19 heavy (non-hydrogen) atoms. The number of hydrogen-bond acceptors (Lipinski definition) is 2. The van der Waals surface area contributed by atoms with Crippen molar-refractivity contribution < 1.29 is 26.7 Å². The van der Waals surface area contributed by atoms with Crippen molar-refractivity contribution in [3.8, 4) is 0 Å². The van der Waals surface area contributed by atoms with Gasteiger partial charge in [0.05, 0.1) is 6.04 Å². The van der Waals surface area contributed by atoms with Crippen LogP contribution in [0.4, 0.5) is 27.6 Å². The highest BCUT2D eigenvalue weighted by atomic mass is 19.2. The fourth-order valence-corrected chi connectivity index (χ4v) is 1.83. The first-order valence-electron chi connectivity index (χ1n) is 5.49. The van der Waals surface area contributed by atoms with E-state index < -0.39 is 46.7 Å². The molecule has 0 radical (unpaired) electrons. The van der Waals surface area contributed by atoms with E-state index in [1.165, 1.54) is 0 Å². The second-order valence-corrected chi connectivity index (χ2v) is 4.08. The Morgan fingerprint density at radius 2 is 1.53 bits per heavy atom. The molecule has 1 saturated heterocycles. The first-order chi connectivity index (χ1) is 8.93. The molecule has 1 heterocycles. The summed E-state index contributed by atoms with van der Waals surface area (Å²) < 4.78 is 65.2. The van der Waals surface area contributed by atoms with E-state index in [0.29, 0.717) is 19.4 Å². The number of rotatable bonds is 2. The molecule has 2 N–H and O–H groups in total. The van der Waals surface area contributed by atoms with Crippen molar-refractivity contribution in [1.82, 2.24) is 5.32 Å². The van der Waals surface area contributed by atoms with Gasteiger partial charge in [0, 0.05) is 0 Å². The minimum atomic E-state index is -2.26. The van der Waals surface area contributed by atoms with Crippen molar-refractivity contribution in [1.29, 1.82) is 0 Å². The smallest absolute Gasteiger partial charge is 0.241 e. The third kappa shape index (κ3) is 2.40. The number of carbonyl (C=O) groups excluding carboxylic acids is 1.